The summed E-state index contributed by atoms with van der Waals surface area (Å²) >= 11 is 0. The van der Waals surface area contributed by atoms with E-state index >= 15 is 0 Å². The van der Waals surface area contributed by atoms with E-state index in [1.807, 2.05) is 0 Å². The van der Waals surface area contributed by atoms with Gasteiger partial charge in [0.15, 0.2) is 0 Å². The van der Waals surface area contributed by atoms with E-state index in [-0.39, 0.29) is 0 Å². The number of hydrogen-bond acceptors (Lipinski definition) is 1. The van der Waals surface area contributed by atoms with Gasteiger partial charge in [0.2, 0.25) is 0 Å². The van der Waals surface area contributed by atoms with Gasteiger partial charge in [0.05, 0.1) is 0 Å². The van der Waals surface area contributed by atoms with Crippen LogP contribution in [0.4, 0.5) is 0 Å². The van der Waals surface area contributed by atoms with Gasteiger partial charge < -0.3 is 0 Å². The summed E-state index contributed by atoms with van der Waals surface area (Å²) < 4.78 is 0. The largest absolute Gasteiger partial charge is 0.297 e. The molecule has 2 aliphatic rings. The van der Waals surface area contributed by atoms with Crippen molar-refractivity contribution in [2.24, 2.45) is 5.41 Å². The highest BCUT2D eigenvalue weighted by Crippen LogP contribution is 2.55. The minimum Gasteiger partial charge on any atom is -0.297 e. The van der Waals surface area contributed by atoms with Crippen molar-refractivity contribution in [1.29, 1.82) is 0 Å². The monoisotopic (exact) mass is 167 g/mol. The fourth-order valence-electron chi connectivity index (χ4n) is 2.72. The second-order valence-corrected chi connectivity index (χ2v) is 4.98. The molecule has 1 heterocycles. The molecule has 0 bridgehead atoms. The summed E-state index contributed by atoms with van der Waals surface area (Å²) in [6.45, 7) is 8.47. The average Bonchev–Trinajstić information content (AvgIpc) is 2.70. The van der Waals surface area contributed by atoms with E-state index in [4.69, 9.17) is 0 Å². The van der Waals surface area contributed by atoms with Crippen molar-refractivity contribution >= 4 is 0 Å². The Bertz CT molecular complexity index is 172. The van der Waals surface area contributed by atoms with E-state index in [1.54, 1.807) is 0 Å². The molecule has 0 aromatic carbocycles. The lowest BCUT2D eigenvalue weighted by Gasteiger charge is -2.27. The van der Waals surface area contributed by atoms with E-state index in [2.05, 4.69) is 25.7 Å². The van der Waals surface area contributed by atoms with E-state index in [1.165, 1.54) is 32.2 Å². The Labute approximate surface area is 76.1 Å². The molecule has 0 N–H and O–H groups in total. The summed E-state index contributed by atoms with van der Waals surface area (Å²) in [5, 5.41) is 0. The maximum atomic E-state index is 2.72. The second-order valence-electron chi connectivity index (χ2n) is 4.98. The molecule has 0 radical (unpaired) electrons. The molecule has 1 nitrogen and oxygen atoms in total. The Balaban J connectivity index is 1.98. The molecule has 1 saturated carbocycles. The lowest BCUT2D eigenvalue weighted by molar-refractivity contribution is 0.193. The van der Waals surface area contributed by atoms with Gasteiger partial charge in [-0.25, -0.2) is 0 Å². The molecule has 0 amide bonds. The standard InChI is InChI=1S/C11H21N/c1-4-9(2)12-8-11(5-6-11)7-10(12)3/h9-10H,4-8H2,1-3H3. The van der Waals surface area contributed by atoms with Crippen LogP contribution in [0, 0.1) is 5.41 Å². The van der Waals surface area contributed by atoms with Crippen LogP contribution in [-0.4, -0.2) is 23.5 Å². The van der Waals surface area contributed by atoms with E-state index < -0.39 is 0 Å². The Morgan fingerprint density at radius 3 is 2.58 bits per heavy atom. The van der Waals surface area contributed by atoms with E-state index in [9.17, 15) is 0 Å². The molecule has 12 heavy (non-hydrogen) atoms. The van der Waals surface area contributed by atoms with Gasteiger partial charge in [0, 0.05) is 18.6 Å². The molecule has 1 aliphatic heterocycles. The molecular weight excluding hydrogens is 146 g/mol. The second kappa shape index (κ2) is 2.73. The van der Waals surface area contributed by atoms with Gasteiger partial charge in [-0.1, -0.05) is 6.92 Å². The zero-order chi connectivity index (χ0) is 8.77. The normalized spacial score (nSPS) is 35.8. The highest BCUT2D eigenvalue weighted by atomic mass is 15.2. The van der Waals surface area contributed by atoms with E-state index in [0.29, 0.717) is 0 Å². The first-order valence-corrected chi connectivity index (χ1v) is 5.43. The minimum atomic E-state index is 0.794. The first-order valence-electron chi connectivity index (χ1n) is 5.43. The number of nitrogens with zero attached hydrogens (tertiary/aromatic N) is 1. The van der Waals surface area contributed by atoms with Crippen LogP contribution in [0.5, 0.6) is 0 Å². The van der Waals surface area contributed by atoms with Gasteiger partial charge in [-0.15, -0.1) is 0 Å². The summed E-state index contributed by atoms with van der Waals surface area (Å²) in [5.41, 5.74) is 0.794. The number of likely N-dealkylation sites (tertiary alicyclic amines) is 1. The molecular formula is C11H21N. The molecule has 1 spiro atoms. The molecule has 0 aromatic heterocycles. The summed E-state index contributed by atoms with van der Waals surface area (Å²) in [6.07, 6.45) is 5.78. The van der Waals surface area contributed by atoms with Crippen molar-refractivity contribution in [3.63, 3.8) is 0 Å². The zero-order valence-electron chi connectivity index (χ0n) is 8.64. The third-order valence-electron chi connectivity index (χ3n) is 3.93. The highest BCUT2D eigenvalue weighted by molar-refractivity contribution is 5.04. The minimum absolute atomic E-state index is 0.794. The van der Waals surface area contributed by atoms with Crippen molar-refractivity contribution in [1.82, 2.24) is 4.90 Å². The SMILES string of the molecule is CCC(C)N1CC2(CC2)CC1C. The topological polar surface area (TPSA) is 3.24 Å². The molecule has 1 aliphatic carbocycles. The van der Waals surface area contributed by atoms with Crippen LogP contribution in [0.1, 0.15) is 46.5 Å². The first kappa shape index (κ1) is 8.55. The molecule has 2 atom stereocenters. The van der Waals surface area contributed by atoms with Crippen molar-refractivity contribution in [2.45, 2.75) is 58.5 Å². The molecule has 2 unspecified atom stereocenters. The summed E-state index contributed by atoms with van der Waals surface area (Å²) in [7, 11) is 0. The Morgan fingerprint density at radius 1 is 1.50 bits per heavy atom. The van der Waals surface area contributed by atoms with Gasteiger partial charge in [-0.2, -0.15) is 0 Å². The highest BCUT2D eigenvalue weighted by Gasteiger charge is 2.51. The molecule has 2 rings (SSSR count). The fraction of sp³-hybridized carbons (Fsp3) is 1.00. The third-order valence-corrected chi connectivity index (χ3v) is 3.93. The summed E-state index contributed by atoms with van der Waals surface area (Å²) in [4.78, 5) is 2.72. The Hall–Kier alpha value is -0.0400. The summed E-state index contributed by atoms with van der Waals surface area (Å²) in [5.74, 6) is 0. The molecule has 1 saturated heterocycles. The van der Waals surface area contributed by atoms with Crippen LogP contribution in [0.3, 0.4) is 0 Å². The average molecular weight is 167 g/mol. The zero-order valence-corrected chi connectivity index (χ0v) is 8.64. The fourth-order valence-corrected chi connectivity index (χ4v) is 2.72. The predicted octanol–water partition coefficient (Wildman–Crippen LogP) is 2.66. The van der Waals surface area contributed by atoms with Gasteiger partial charge in [-0.3, -0.25) is 4.90 Å². The van der Waals surface area contributed by atoms with Crippen molar-refractivity contribution in [2.75, 3.05) is 6.54 Å². The molecule has 1 heteroatoms. The molecule has 70 valence electrons. The predicted molar refractivity (Wildman–Crippen MR) is 52.2 cm³/mol. The van der Waals surface area contributed by atoms with Gasteiger partial charge in [0.1, 0.15) is 0 Å². The van der Waals surface area contributed by atoms with Gasteiger partial charge >= 0.3 is 0 Å². The maximum Gasteiger partial charge on any atom is 0.00757 e. The van der Waals surface area contributed by atoms with E-state index in [0.717, 1.165) is 17.5 Å². The van der Waals surface area contributed by atoms with Crippen molar-refractivity contribution < 1.29 is 0 Å². The third kappa shape index (κ3) is 1.28. The van der Waals surface area contributed by atoms with Crippen LogP contribution >= 0.6 is 0 Å². The van der Waals surface area contributed by atoms with Crippen LogP contribution < -0.4 is 0 Å². The van der Waals surface area contributed by atoms with Crippen LogP contribution in [0.2, 0.25) is 0 Å². The van der Waals surface area contributed by atoms with Crippen LogP contribution in [-0.2, 0) is 0 Å². The smallest absolute Gasteiger partial charge is 0.00757 e. The molecule has 2 fully saturated rings. The number of rotatable bonds is 2. The van der Waals surface area contributed by atoms with Crippen LogP contribution in [0.15, 0.2) is 0 Å². The lowest BCUT2D eigenvalue weighted by Crippen LogP contribution is -2.35. The van der Waals surface area contributed by atoms with Crippen molar-refractivity contribution in [3.05, 3.63) is 0 Å². The van der Waals surface area contributed by atoms with Gasteiger partial charge in [-0.05, 0) is 44.9 Å². The van der Waals surface area contributed by atoms with Crippen molar-refractivity contribution in [3.8, 4) is 0 Å². The maximum absolute atomic E-state index is 2.72. The Kier molecular flexibility index (Phi) is 1.95. The first-order chi connectivity index (χ1) is 5.67. The molecule has 0 aromatic rings. The lowest BCUT2D eigenvalue weighted by atomic mass is 10.0. The van der Waals surface area contributed by atoms with Crippen LogP contribution in [0.25, 0.3) is 0 Å². The Morgan fingerprint density at radius 2 is 2.17 bits per heavy atom. The number of hydrogen-bond donors (Lipinski definition) is 0. The summed E-state index contributed by atoms with van der Waals surface area (Å²) in [6, 6.07) is 1.66. The quantitative estimate of drug-likeness (QED) is 0.611. The van der Waals surface area contributed by atoms with Gasteiger partial charge in [0.25, 0.3) is 0 Å².